The Morgan fingerprint density at radius 1 is 1.15 bits per heavy atom. The van der Waals surface area contributed by atoms with Gasteiger partial charge in [0.2, 0.25) is 0 Å². The SMILES string of the molecule is Cn1ncnc1CNC(=NCc1ccccc1)NCCc1ccco1.I. The van der Waals surface area contributed by atoms with Crippen molar-refractivity contribution in [2.75, 3.05) is 6.54 Å². The van der Waals surface area contributed by atoms with Crippen LogP contribution in [0.15, 0.2) is 64.5 Å². The van der Waals surface area contributed by atoms with Gasteiger partial charge in [0, 0.05) is 20.0 Å². The minimum absolute atomic E-state index is 0. The topological polar surface area (TPSA) is 80.3 Å². The number of halogens is 1. The normalized spacial score (nSPS) is 11.0. The van der Waals surface area contributed by atoms with Gasteiger partial charge in [-0.3, -0.25) is 4.68 Å². The van der Waals surface area contributed by atoms with E-state index in [0.29, 0.717) is 13.1 Å². The van der Waals surface area contributed by atoms with Crippen molar-refractivity contribution in [3.63, 3.8) is 0 Å². The number of rotatable bonds is 7. The number of benzene rings is 1. The number of guanidine groups is 1. The number of hydrogen-bond acceptors (Lipinski definition) is 4. The second kappa shape index (κ2) is 10.6. The third kappa shape index (κ3) is 6.17. The lowest BCUT2D eigenvalue weighted by Gasteiger charge is -2.12. The third-order valence-electron chi connectivity index (χ3n) is 3.73. The second-order valence-electron chi connectivity index (χ2n) is 5.56. The minimum atomic E-state index is 0. The molecule has 0 aliphatic rings. The Morgan fingerprint density at radius 2 is 2.00 bits per heavy atom. The summed E-state index contributed by atoms with van der Waals surface area (Å²) in [4.78, 5) is 8.87. The van der Waals surface area contributed by atoms with Crippen molar-refractivity contribution in [3.05, 3.63) is 72.2 Å². The molecule has 138 valence electrons. The van der Waals surface area contributed by atoms with Crippen LogP contribution in [0.1, 0.15) is 17.1 Å². The van der Waals surface area contributed by atoms with Crippen LogP contribution in [0.5, 0.6) is 0 Å². The highest BCUT2D eigenvalue weighted by molar-refractivity contribution is 14.0. The van der Waals surface area contributed by atoms with Gasteiger partial charge in [-0.1, -0.05) is 30.3 Å². The Kier molecular flexibility index (Phi) is 8.13. The van der Waals surface area contributed by atoms with Crippen molar-refractivity contribution in [1.82, 2.24) is 25.4 Å². The second-order valence-corrected chi connectivity index (χ2v) is 5.56. The van der Waals surface area contributed by atoms with Crippen molar-refractivity contribution >= 4 is 29.9 Å². The largest absolute Gasteiger partial charge is 0.469 e. The third-order valence-corrected chi connectivity index (χ3v) is 3.73. The number of aromatic nitrogens is 3. The molecule has 2 N–H and O–H groups in total. The number of aliphatic imine (C=N–C) groups is 1. The van der Waals surface area contributed by atoms with Gasteiger partial charge in [0.1, 0.15) is 17.9 Å². The first-order valence-corrected chi connectivity index (χ1v) is 8.22. The van der Waals surface area contributed by atoms with Crippen LogP contribution in [0.2, 0.25) is 0 Å². The van der Waals surface area contributed by atoms with E-state index in [9.17, 15) is 0 Å². The van der Waals surface area contributed by atoms with E-state index in [0.717, 1.165) is 36.1 Å². The predicted octanol–water partition coefficient (Wildman–Crippen LogP) is 2.50. The van der Waals surface area contributed by atoms with E-state index >= 15 is 0 Å². The van der Waals surface area contributed by atoms with E-state index in [1.807, 2.05) is 37.4 Å². The van der Waals surface area contributed by atoms with Crippen LogP contribution in [0, 0.1) is 0 Å². The fourth-order valence-electron chi connectivity index (χ4n) is 2.33. The molecule has 0 atom stereocenters. The maximum atomic E-state index is 5.36. The molecule has 2 aromatic heterocycles. The quantitative estimate of drug-likeness (QED) is 0.318. The molecule has 0 radical (unpaired) electrons. The molecule has 3 rings (SSSR count). The van der Waals surface area contributed by atoms with E-state index in [1.165, 1.54) is 0 Å². The summed E-state index contributed by atoms with van der Waals surface area (Å²) in [5, 5.41) is 10.7. The monoisotopic (exact) mass is 466 g/mol. The van der Waals surface area contributed by atoms with Crippen LogP contribution in [0.4, 0.5) is 0 Å². The Balaban J connectivity index is 0.00000243. The van der Waals surface area contributed by atoms with E-state index < -0.39 is 0 Å². The summed E-state index contributed by atoms with van der Waals surface area (Å²) in [5.41, 5.74) is 1.16. The van der Waals surface area contributed by atoms with Gasteiger partial charge < -0.3 is 15.1 Å². The van der Waals surface area contributed by atoms with E-state index in [-0.39, 0.29) is 24.0 Å². The van der Waals surface area contributed by atoms with E-state index in [1.54, 1.807) is 17.3 Å². The average Bonchev–Trinajstić information content (AvgIpc) is 3.29. The molecule has 0 saturated carbocycles. The maximum Gasteiger partial charge on any atom is 0.191 e. The first-order valence-electron chi connectivity index (χ1n) is 8.22. The Labute approximate surface area is 169 Å². The summed E-state index contributed by atoms with van der Waals surface area (Å²) in [5.74, 6) is 2.53. The average molecular weight is 466 g/mol. The zero-order valence-electron chi connectivity index (χ0n) is 14.6. The zero-order chi connectivity index (χ0) is 17.3. The highest BCUT2D eigenvalue weighted by Crippen LogP contribution is 2.01. The standard InChI is InChI=1S/C18H22N6O.HI/c1-24-17(22-14-23-24)13-21-18(19-10-9-16-8-5-11-25-16)20-12-15-6-3-2-4-7-15;/h2-8,11,14H,9-10,12-13H2,1H3,(H2,19,20,21);1H. The van der Waals surface area contributed by atoms with Gasteiger partial charge in [-0.2, -0.15) is 5.10 Å². The molecular weight excluding hydrogens is 443 g/mol. The van der Waals surface area contributed by atoms with Crippen molar-refractivity contribution in [2.45, 2.75) is 19.5 Å². The van der Waals surface area contributed by atoms with Gasteiger partial charge in [-0.15, -0.1) is 24.0 Å². The molecule has 0 aliphatic carbocycles. The van der Waals surface area contributed by atoms with Crippen molar-refractivity contribution in [1.29, 1.82) is 0 Å². The molecule has 0 bridgehead atoms. The molecule has 2 heterocycles. The lowest BCUT2D eigenvalue weighted by Crippen LogP contribution is -2.38. The van der Waals surface area contributed by atoms with Gasteiger partial charge >= 0.3 is 0 Å². The molecule has 1 aromatic carbocycles. The summed E-state index contributed by atoms with van der Waals surface area (Å²) >= 11 is 0. The summed E-state index contributed by atoms with van der Waals surface area (Å²) < 4.78 is 7.10. The first-order chi connectivity index (χ1) is 12.3. The van der Waals surface area contributed by atoms with Crippen LogP contribution >= 0.6 is 24.0 Å². The molecule has 0 fully saturated rings. The van der Waals surface area contributed by atoms with Crippen LogP contribution in [-0.2, 0) is 26.6 Å². The Morgan fingerprint density at radius 3 is 2.69 bits per heavy atom. The van der Waals surface area contributed by atoms with Crippen LogP contribution in [-0.4, -0.2) is 27.3 Å². The van der Waals surface area contributed by atoms with E-state index in [4.69, 9.17) is 4.42 Å². The molecule has 8 heteroatoms. The van der Waals surface area contributed by atoms with Gasteiger partial charge in [0.25, 0.3) is 0 Å². The molecule has 0 aliphatic heterocycles. The molecule has 0 amide bonds. The Bertz CT molecular complexity index is 785. The zero-order valence-corrected chi connectivity index (χ0v) is 17.0. The smallest absolute Gasteiger partial charge is 0.191 e. The molecule has 7 nitrogen and oxygen atoms in total. The molecule has 0 spiro atoms. The van der Waals surface area contributed by atoms with Crippen LogP contribution in [0.25, 0.3) is 0 Å². The summed E-state index contributed by atoms with van der Waals surface area (Å²) in [7, 11) is 1.87. The van der Waals surface area contributed by atoms with E-state index in [2.05, 4.69) is 37.8 Å². The highest BCUT2D eigenvalue weighted by Gasteiger charge is 2.04. The van der Waals surface area contributed by atoms with Crippen molar-refractivity contribution < 1.29 is 4.42 Å². The first kappa shape index (κ1) is 20.0. The van der Waals surface area contributed by atoms with Crippen LogP contribution in [0.3, 0.4) is 0 Å². The number of nitrogens with zero attached hydrogens (tertiary/aromatic N) is 4. The summed E-state index contributed by atoms with van der Waals surface area (Å²) in [6.07, 6.45) is 4.02. The number of aryl methyl sites for hydroxylation is 1. The van der Waals surface area contributed by atoms with Gasteiger partial charge in [-0.25, -0.2) is 9.98 Å². The van der Waals surface area contributed by atoms with Gasteiger partial charge in [-0.05, 0) is 17.7 Å². The lowest BCUT2D eigenvalue weighted by atomic mass is 10.2. The number of furan rings is 1. The summed E-state index contributed by atoms with van der Waals surface area (Å²) in [6.45, 7) is 1.89. The summed E-state index contributed by atoms with van der Waals surface area (Å²) in [6, 6.07) is 14.0. The number of hydrogen-bond donors (Lipinski definition) is 2. The predicted molar refractivity (Wildman–Crippen MR) is 111 cm³/mol. The van der Waals surface area contributed by atoms with Crippen molar-refractivity contribution in [2.24, 2.45) is 12.0 Å². The Hall–Kier alpha value is -2.36. The lowest BCUT2D eigenvalue weighted by molar-refractivity contribution is 0.506. The molecule has 26 heavy (non-hydrogen) atoms. The van der Waals surface area contributed by atoms with Gasteiger partial charge in [0.15, 0.2) is 5.96 Å². The molecule has 3 aromatic rings. The maximum absolute atomic E-state index is 5.36. The molecule has 0 unspecified atom stereocenters. The van der Waals surface area contributed by atoms with Crippen LogP contribution < -0.4 is 10.6 Å². The molecule has 0 saturated heterocycles. The fraction of sp³-hybridized carbons (Fsp3) is 0.278. The molecular formula is C18H23IN6O. The highest BCUT2D eigenvalue weighted by atomic mass is 127. The van der Waals surface area contributed by atoms with Crippen molar-refractivity contribution in [3.8, 4) is 0 Å². The number of nitrogens with one attached hydrogen (secondary N) is 2. The van der Waals surface area contributed by atoms with Gasteiger partial charge in [0.05, 0.1) is 19.4 Å². The minimum Gasteiger partial charge on any atom is -0.469 e. The fourth-order valence-corrected chi connectivity index (χ4v) is 2.33.